The van der Waals surface area contributed by atoms with Gasteiger partial charge in [0.25, 0.3) is 0 Å². The molecule has 0 radical (unpaired) electrons. The van der Waals surface area contributed by atoms with Gasteiger partial charge in [-0.25, -0.2) is 4.58 Å². The zero-order chi connectivity index (χ0) is 20.5. The molecule has 1 aliphatic heterocycles. The number of phenolic OH excluding ortho intramolecular Hbond substituents is 2. The van der Waals surface area contributed by atoms with Crippen molar-refractivity contribution in [1.82, 2.24) is 4.58 Å². The highest BCUT2D eigenvalue weighted by molar-refractivity contribution is 7.36. The summed E-state index contributed by atoms with van der Waals surface area (Å²) in [5, 5.41) is 23.3. The number of benzene rings is 3. The van der Waals surface area contributed by atoms with E-state index in [0.717, 1.165) is 33.6 Å². The Morgan fingerprint density at radius 3 is 1.74 bits per heavy atom. The molecule has 1 saturated heterocycles. The van der Waals surface area contributed by atoms with Crippen LogP contribution in [-0.4, -0.2) is 23.3 Å². The molecule has 2 heterocycles. The fourth-order valence-electron chi connectivity index (χ4n) is 7.00. The van der Waals surface area contributed by atoms with Crippen molar-refractivity contribution in [1.29, 1.82) is 0 Å². The molecule has 0 amide bonds. The summed E-state index contributed by atoms with van der Waals surface area (Å²) in [6.07, 6.45) is 2.44. The van der Waals surface area contributed by atoms with Crippen molar-refractivity contribution < 1.29 is 10.2 Å². The third-order valence-electron chi connectivity index (χ3n) is 8.10. The van der Waals surface area contributed by atoms with E-state index in [1.807, 2.05) is 0 Å². The standard InChI is InChI=1S/C26H19NO2S2/c28-21-17-18(22(29)24-23(21)30-25(31-24)27-11-5-6-12-27)20-14-8-2-4-10-16(14)26(20)15-9-3-1-7-13(15)19(17)26/h1-4,7-10,19-20H,5-6,11-12H2,(H-,28,29)/p+1. The van der Waals surface area contributed by atoms with E-state index in [4.69, 9.17) is 0 Å². The van der Waals surface area contributed by atoms with Crippen LogP contribution < -0.4 is 8.56 Å². The second kappa shape index (κ2) is 5.40. The first-order valence-corrected chi connectivity index (χ1v) is 12.6. The molecule has 0 bridgehead atoms. The Balaban J connectivity index is 1.50. The van der Waals surface area contributed by atoms with Crippen molar-refractivity contribution in [3.05, 3.63) is 85.9 Å². The summed E-state index contributed by atoms with van der Waals surface area (Å²) in [4.78, 5) is 0. The average Bonchev–Trinajstić information content (AvgIpc) is 3.49. The molecule has 31 heavy (non-hydrogen) atoms. The molecular weight excluding hydrogens is 422 g/mol. The number of nitrogens with zero attached hydrogens (tertiary/aromatic N) is 1. The Kier molecular flexibility index (Phi) is 2.96. The maximum atomic E-state index is 11.6. The molecule has 3 aromatic carbocycles. The largest absolute Gasteiger partial charge is 0.506 e. The van der Waals surface area contributed by atoms with Gasteiger partial charge in [-0.15, -0.1) is 0 Å². The first-order valence-electron chi connectivity index (χ1n) is 11.0. The van der Waals surface area contributed by atoms with Crippen LogP contribution in [0.1, 0.15) is 58.1 Å². The second-order valence-electron chi connectivity index (χ2n) is 9.26. The van der Waals surface area contributed by atoms with Crippen LogP contribution in [-0.2, 0) is 5.41 Å². The predicted octanol–water partition coefficient (Wildman–Crippen LogP) is 4.83. The Hall–Kier alpha value is -2.63. The van der Waals surface area contributed by atoms with Crippen molar-refractivity contribution in [3.63, 3.8) is 0 Å². The lowest BCUT2D eigenvalue weighted by Gasteiger charge is -2.58. The van der Waals surface area contributed by atoms with Gasteiger partial charge in [0, 0.05) is 41.2 Å². The monoisotopic (exact) mass is 442 g/mol. The van der Waals surface area contributed by atoms with E-state index in [1.165, 1.54) is 39.1 Å². The molecule has 1 aromatic heterocycles. The zero-order valence-electron chi connectivity index (χ0n) is 16.8. The van der Waals surface area contributed by atoms with Crippen LogP contribution in [0.25, 0.3) is 9.40 Å². The van der Waals surface area contributed by atoms with Crippen LogP contribution in [0.2, 0.25) is 0 Å². The number of rotatable bonds is 0. The van der Waals surface area contributed by atoms with Gasteiger partial charge < -0.3 is 10.2 Å². The molecule has 1 fully saturated rings. The lowest BCUT2D eigenvalue weighted by Crippen LogP contribution is -2.52. The highest BCUT2D eigenvalue weighted by Gasteiger charge is 2.70. The SMILES string of the molecule is Oc1c2c(c(O)c3sc(=[N+]4CCCC4)sc13)C1c3ccccc3C13c1ccccc1C23. The number of hydrogen-bond donors (Lipinski definition) is 2. The van der Waals surface area contributed by atoms with Gasteiger partial charge >= 0.3 is 3.98 Å². The minimum absolute atomic E-state index is 0.122. The van der Waals surface area contributed by atoms with Crippen LogP contribution in [0, 0.1) is 0 Å². The van der Waals surface area contributed by atoms with Gasteiger partial charge in [-0.2, -0.15) is 0 Å². The van der Waals surface area contributed by atoms with E-state index < -0.39 is 0 Å². The molecule has 3 aliphatic carbocycles. The van der Waals surface area contributed by atoms with Crippen LogP contribution in [0.5, 0.6) is 11.5 Å². The fourth-order valence-corrected chi connectivity index (χ4v) is 9.68. The smallest absolute Gasteiger partial charge is 0.315 e. The van der Waals surface area contributed by atoms with Gasteiger partial charge in [0.1, 0.15) is 24.6 Å². The van der Waals surface area contributed by atoms with Gasteiger partial charge in [0.2, 0.25) is 0 Å². The first-order chi connectivity index (χ1) is 15.2. The maximum absolute atomic E-state index is 11.6. The van der Waals surface area contributed by atoms with Crippen molar-refractivity contribution in [2.45, 2.75) is 30.1 Å². The van der Waals surface area contributed by atoms with Crippen molar-refractivity contribution >= 4 is 32.1 Å². The second-order valence-corrected chi connectivity index (χ2v) is 11.5. The molecule has 2 N–H and O–H groups in total. The summed E-state index contributed by atoms with van der Waals surface area (Å²) in [5.74, 6) is 1.04. The van der Waals surface area contributed by atoms with E-state index in [1.54, 1.807) is 22.7 Å². The fraction of sp³-hybridized carbons (Fsp3) is 0.269. The average molecular weight is 443 g/mol. The Morgan fingerprint density at radius 1 is 0.742 bits per heavy atom. The normalized spacial score (nSPS) is 26.5. The summed E-state index contributed by atoms with van der Waals surface area (Å²) in [7, 11) is 0. The lowest BCUT2D eigenvalue weighted by molar-refractivity contribution is 0.326. The lowest BCUT2D eigenvalue weighted by atomic mass is 9.43. The zero-order valence-corrected chi connectivity index (χ0v) is 18.4. The van der Waals surface area contributed by atoms with Gasteiger partial charge in [0.05, 0.1) is 9.40 Å². The molecule has 8 rings (SSSR count). The van der Waals surface area contributed by atoms with Crippen molar-refractivity contribution in [2.75, 3.05) is 13.1 Å². The van der Waals surface area contributed by atoms with Gasteiger partial charge in [-0.1, -0.05) is 71.2 Å². The Morgan fingerprint density at radius 2 is 1.23 bits per heavy atom. The molecule has 3 nitrogen and oxygen atoms in total. The number of hydrogen-bond acceptors (Lipinski definition) is 4. The van der Waals surface area contributed by atoms with Crippen molar-refractivity contribution in [2.24, 2.45) is 0 Å². The van der Waals surface area contributed by atoms with Crippen LogP contribution in [0.4, 0.5) is 0 Å². The number of phenols is 2. The topological polar surface area (TPSA) is 43.5 Å². The Bertz CT molecular complexity index is 1430. The quantitative estimate of drug-likeness (QED) is 0.303. The minimum Gasteiger partial charge on any atom is -0.506 e. The van der Waals surface area contributed by atoms with E-state index in [2.05, 4.69) is 53.1 Å². The number of aromatic hydroxyl groups is 2. The van der Waals surface area contributed by atoms with E-state index in [-0.39, 0.29) is 17.3 Å². The molecule has 2 atom stereocenters. The third kappa shape index (κ3) is 1.68. The molecule has 5 heteroatoms. The molecule has 152 valence electrons. The summed E-state index contributed by atoms with van der Waals surface area (Å²) >= 11 is 3.30. The van der Waals surface area contributed by atoms with Gasteiger partial charge in [-0.3, -0.25) is 0 Å². The van der Waals surface area contributed by atoms with Crippen LogP contribution in [0.3, 0.4) is 0 Å². The minimum atomic E-state index is -0.129. The predicted molar refractivity (Wildman–Crippen MR) is 125 cm³/mol. The summed E-state index contributed by atoms with van der Waals surface area (Å²) < 4.78 is 5.32. The van der Waals surface area contributed by atoms with E-state index in [9.17, 15) is 10.2 Å². The number of fused-ring (bicyclic) bond motifs is 8. The maximum Gasteiger partial charge on any atom is 0.315 e. The van der Waals surface area contributed by atoms with Crippen LogP contribution in [0.15, 0.2) is 48.5 Å². The third-order valence-corrected chi connectivity index (χ3v) is 10.8. The highest BCUT2D eigenvalue weighted by Crippen LogP contribution is 2.79. The highest BCUT2D eigenvalue weighted by atomic mass is 32.2. The molecular formula is C26H20NO2S2+. The van der Waals surface area contributed by atoms with Gasteiger partial charge in [-0.05, 0) is 22.3 Å². The van der Waals surface area contributed by atoms with Crippen LogP contribution >= 0.6 is 22.7 Å². The summed E-state index contributed by atoms with van der Waals surface area (Å²) in [5.41, 5.74) is 7.13. The van der Waals surface area contributed by atoms with E-state index >= 15 is 0 Å². The molecule has 4 aromatic rings. The van der Waals surface area contributed by atoms with Gasteiger partial charge in [0.15, 0.2) is 0 Å². The first kappa shape index (κ1) is 17.0. The molecule has 1 spiro atoms. The van der Waals surface area contributed by atoms with E-state index in [0.29, 0.717) is 11.5 Å². The molecule has 2 unspecified atom stereocenters. The Labute approximate surface area is 187 Å². The summed E-state index contributed by atoms with van der Waals surface area (Å²) in [6.45, 7) is 2.14. The molecule has 0 saturated carbocycles. The molecule has 4 aliphatic rings. The summed E-state index contributed by atoms with van der Waals surface area (Å²) in [6, 6.07) is 17.3. The van der Waals surface area contributed by atoms with Crippen molar-refractivity contribution in [3.8, 4) is 11.5 Å².